The van der Waals surface area contributed by atoms with Crippen LogP contribution >= 0.6 is 11.6 Å². The molecule has 1 amide bonds. The van der Waals surface area contributed by atoms with Gasteiger partial charge in [-0.2, -0.15) is 0 Å². The van der Waals surface area contributed by atoms with Gasteiger partial charge in [0.25, 0.3) is 5.91 Å². The molecular formula is C33H43ClN2O4. The lowest BCUT2D eigenvalue weighted by atomic mass is 9.75. The molecule has 1 spiro atoms. The number of hydrogen-bond donors (Lipinski definition) is 1. The molecule has 40 heavy (non-hydrogen) atoms. The lowest BCUT2D eigenvalue weighted by Crippen LogP contribution is -2.52. The Morgan fingerprint density at radius 2 is 1.80 bits per heavy atom. The van der Waals surface area contributed by atoms with E-state index in [1.54, 1.807) is 24.3 Å². The van der Waals surface area contributed by atoms with Gasteiger partial charge in [-0.25, -0.2) is 4.79 Å². The highest BCUT2D eigenvalue weighted by molar-refractivity contribution is 6.50. The topological polar surface area (TPSA) is 79.2 Å². The highest BCUT2D eigenvalue weighted by atomic mass is 35.5. The predicted octanol–water partition coefficient (Wildman–Crippen LogP) is 7.75. The van der Waals surface area contributed by atoms with Gasteiger partial charge in [-0.05, 0) is 91.2 Å². The SMILES string of the molecule is CCc1cc(Cl)c(C2=NC3(CC(C)CC(C)C3)N([C@H](CCC(C)(C)C)c3ccc(C(=O)OC)cc3)C2=O)cc1O. The first kappa shape index (κ1) is 30.1. The Morgan fingerprint density at radius 1 is 1.18 bits per heavy atom. The summed E-state index contributed by atoms with van der Waals surface area (Å²) in [5.41, 5.74) is 2.30. The zero-order chi connectivity index (χ0) is 29.4. The number of aromatic hydroxyl groups is 1. The number of carbonyl (C=O) groups excluding carboxylic acids is 2. The van der Waals surface area contributed by atoms with E-state index >= 15 is 0 Å². The first-order valence-electron chi connectivity index (χ1n) is 14.4. The minimum atomic E-state index is -0.713. The molecule has 2 aromatic carbocycles. The minimum Gasteiger partial charge on any atom is -0.508 e. The van der Waals surface area contributed by atoms with Gasteiger partial charge < -0.3 is 14.7 Å². The highest BCUT2D eigenvalue weighted by Crippen LogP contribution is 2.49. The van der Waals surface area contributed by atoms with E-state index in [1.165, 1.54) is 7.11 Å². The molecule has 4 rings (SSSR count). The third-order valence-electron chi connectivity index (χ3n) is 8.35. The van der Waals surface area contributed by atoms with Gasteiger partial charge in [0.15, 0.2) is 0 Å². The molecule has 1 aliphatic carbocycles. The molecule has 1 N–H and O–H groups in total. The summed E-state index contributed by atoms with van der Waals surface area (Å²) >= 11 is 6.73. The van der Waals surface area contributed by atoms with Crippen molar-refractivity contribution in [1.29, 1.82) is 0 Å². The summed E-state index contributed by atoms with van der Waals surface area (Å²) in [5.74, 6) is 0.342. The second kappa shape index (κ2) is 11.6. The molecule has 1 aliphatic heterocycles. The number of halogens is 1. The maximum Gasteiger partial charge on any atom is 0.337 e. The van der Waals surface area contributed by atoms with Crippen LogP contribution in [0.3, 0.4) is 0 Å². The molecule has 6 nitrogen and oxygen atoms in total. The molecule has 3 atom stereocenters. The average Bonchev–Trinajstić information content (AvgIpc) is 3.14. The quantitative estimate of drug-likeness (QED) is 0.347. The van der Waals surface area contributed by atoms with Crippen molar-refractivity contribution in [3.63, 3.8) is 0 Å². The Labute approximate surface area is 243 Å². The predicted molar refractivity (Wildman–Crippen MR) is 160 cm³/mol. The van der Waals surface area contributed by atoms with Crippen molar-refractivity contribution in [1.82, 2.24) is 4.90 Å². The Bertz CT molecular complexity index is 1280. The van der Waals surface area contributed by atoms with Crippen molar-refractivity contribution in [3.8, 4) is 5.75 Å². The fraction of sp³-hybridized carbons (Fsp3) is 0.545. The fourth-order valence-corrected chi connectivity index (χ4v) is 6.88. The number of rotatable bonds is 7. The summed E-state index contributed by atoms with van der Waals surface area (Å²) in [6.45, 7) is 13.0. The van der Waals surface area contributed by atoms with Crippen molar-refractivity contribution < 1.29 is 19.4 Å². The summed E-state index contributed by atoms with van der Waals surface area (Å²) in [7, 11) is 1.37. The van der Waals surface area contributed by atoms with Gasteiger partial charge in [0.05, 0.1) is 23.7 Å². The van der Waals surface area contributed by atoms with Crippen molar-refractivity contribution in [2.45, 2.75) is 91.8 Å². The Hall–Kier alpha value is -2.86. The molecule has 0 aromatic heterocycles. The number of aryl methyl sites for hydroxylation is 1. The normalized spacial score (nSPS) is 23.9. The number of methoxy groups -OCH3 is 1. The van der Waals surface area contributed by atoms with Gasteiger partial charge in [-0.3, -0.25) is 9.79 Å². The number of nitrogens with zero attached hydrogens (tertiary/aromatic N) is 2. The molecule has 7 heteroatoms. The van der Waals surface area contributed by atoms with Crippen LogP contribution in [0.25, 0.3) is 0 Å². The van der Waals surface area contributed by atoms with E-state index in [0.717, 1.165) is 43.2 Å². The number of aliphatic imine (C=N–C) groups is 1. The van der Waals surface area contributed by atoms with Crippen molar-refractivity contribution in [2.75, 3.05) is 7.11 Å². The lowest BCUT2D eigenvalue weighted by molar-refractivity contribution is -0.134. The Balaban J connectivity index is 1.86. The zero-order valence-corrected chi connectivity index (χ0v) is 25.6. The first-order chi connectivity index (χ1) is 18.8. The maximum atomic E-state index is 14.6. The molecule has 2 aliphatic rings. The highest BCUT2D eigenvalue weighted by Gasteiger charge is 2.53. The molecule has 2 unspecified atom stereocenters. The Morgan fingerprint density at radius 3 is 2.35 bits per heavy atom. The second-order valence-corrected chi connectivity index (χ2v) is 13.4. The summed E-state index contributed by atoms with van der Waals surface area (Å²) in [6, 6.07) is 10.5. The lowest BCUT2D eigenvalue weighted by Gasteiger charge is -2.47. The molecule has 0 radical (unpaired) electrons. The van der Waals surface area contributed by atoms with E-state index < -0.39 is 11.6 Å². The van der Waals surface area contributed by atoms with Crippen molar-refractivity contribution in [3.05, 3.63) is 63.7 Å². The summed E-state index contributed by atoms with van der Waals surface area (Å²) < 4.78 is 4.90. The van der Waals surface area contributed by atoms with E-state index in [4.69, 9.17) is 21.3 Å². The average molecular weight is 567 g/mol. The standard InChI is InChI=1S/C33H43ClN2O4/c1-8-22-16-26(34)25(17-28(22)37)29-30(38)36(33(35-29)18-20(2)15-21(3)19-33)27(13-14-32(4,5)6)23-9-11-24(12-10-23)31(39)40-7/h9-12,16-17,20-21,27,37H,8,13-15,18-19H2,1-7H3/t20?,21?,27-,33?/m1/s1. The van der Waals surface area contributed by atoms with E-state index in [1.807, 2.05) is 24.0 Å². The number of ether oxygens (including phenoxy) is 1. The van der Waals surface area contributed by atoms with Crippen LogP contribution in [0.15, 0.2) is 41.4 Å². The van der Waals surface area contributed by atoms with Crippen LogP contribution < -0.4 is 0 Å². The van der Waals surface area contributed by atoms with Gasteiger partial charge in [-0.1, -0.05) is 65.3 Å². The van der Waals surface area contributed by atoms with Gasteiger partial charge in [0.1, 0.15) is 17.1 Å². The molecular weight excluding hydrogens is 524 g/mol. The van der Waals surface area contributed by atoms with E-state index in [2.05, 4.69) is 34.6 Å². The zero-order valence-electron chi connectivity index (χ0n) is 24.9. The van der Waals surface area contributed by atoms with E-state index in [9.17, 15) is 14.7 Å². The third-order valence-corrected chi connectivity index (χ3v) is 8.66. The van der Waals surface area contributed by atoms with Crippen LogP contribution in [0.4, 0.5) is 0 Å². The number of amides is 1. The van der Waals surface area contributed by atoms with Gasteiger partial charge in [0, 0.05) is 5.56 Å². The van der Waals surface area contributed by atoms with Gasteiger partial charge >= 0.3 is 5.97 Å². The number of hydrogen-bond acceptors (Lipinski definition) is 5. The van der Waals surface area contributed by atoms with Crippen molar-refractivity contribution >= 4 is 29.2 Å². The van der Waals surface area contributed by atoms with Crippen LogP contribution in [0.5, 0.6) is 5.75 Å². The van der Waals surface area contributed by atoms with E-state index in [-0.39, 0.29) is 23.1 Å². The summed E-state index contributed by atoms with van der Waals surface area (Å²) in [4.78, 5) is 33.9. The number of esters is 1. The largest absolute Gasteiger partial charge is 0.508 e. The fourth-order valence-electron chi connectivity index (χ4n) is 6.60. The molecule has 2 aromatic rings. The van der Waals surface area contributed by atoms with Gasteiger partial charge in [0.2, 0.25) is 0 Å². The monoisotopic (exact) mass is 566 g/mol. The van der Waals surface area contributed by atoms with Crippen molar-refractivity contribution in [2.24, 2.45) is 22.2 Å². The molecule has 1 heterocycles. The molecule has 216 valence electrons. The Kier molecular flexibility index (Phi) is 8.70. The van der Waals surface area contributed by atoms with E-state index in [0.29, 0.717) is 40.1 Å². The molecule has 1 saturated carbocycles. The number of carbonyl (C=O) groups is 2. The van der Waals surface area contributed by atoms with Crippen LogP contribution in [0.1, 0.15) is 107 Å². The number of benzene rings is 2. The third kappa shape index (κ3) is 6.07. The number of phenols is 1. The van der Waals surface area contributed by atoms with Crippen LogP contribution in [-0.2, 0) is 16.0 Å². The van der Waals surface area contributed by atoms with Crippen LogP contribution in [-0.4, -0.2) is 40.4 Å². The summed E-state index contributed by atoms with van der Waals surface area (Å²) in [6.07, 6.45) is 4.87. The van der Waals surface area contributed by atoms with Crippen LogP contribution in [0, 0.1) is 17.3 Å². The summed E-state index contributed by atoms with van der Waals surface area (Å²) in [5, 5.41) is 11.1. The molecule has 0 bridgehead atoms. The van der Waals surface area contributed by atoms with Gasteiger partial charge in [-0.15, -0.1) is 0 Å². The first-order valence-corrected chi connectivity index (χ1v) is 14.8. The minimum absolute atomic E-state index is 0.0576. The molecule has 0 saturated heterocycles. The van der Waals surface area contributed by atoms with Crippen LogP contribution in [0.2, 0.25) is 5.02 Å². The second-order valence-electron chi connectivity index (χ2n) is 13.0. The number of phenolic OH excluding ortho intramolecular Hbond substituents is 1. The maximum absolute atomic E-state index is 14.6. The molecule has 1 fully saturated rings. The smallest absolute Gasteiger partial charge is 0.337 e.